The molecule has 2 aromatic rings. The summed E-state index contributed by atoms with van der Waals surface area (Å²) in [6, 6.07) is 8.15. The SMILES string of the molecule is CCc1ccc([C@@H](C)NC(=O)c2c(Cl)cnn2C)cc1. The third kappa shape index (κ3) is 3.02. The molecule has 1 aromatic carbocycles. The van der Waals surface area contributed by atoms with E-state index in [2.05, 4.69) is 29.5 Å². The van der Waals surface area contributed by atoms with Gasteiger partial charge in [0.1, 0.15) is 5.69 Å². The summed E-state index contributed by atoms with van der Waals surface area (Å²) in [6.45, 7) is 4.06. The van der Waals surface area contributed by atoms with Crippen LogP contribution in [0.3, 0.4) is 0 Å². The summed E-state index contributed by atoms with van der Waals surface area (Å²) < 4.78 is 1.48. The topological polar surface area (TPSA) is 46.9 Å². The molecule has 0 aliphatic carbocycles. The molecule has 1 amide bonds. The molecule has 106 valence electrons. The van der Waals surface area contributed by atoms with E-state index in [1.165, 1.54) is 16.4 Å². The number of amides is 1. The van der Waals surface area contributed by atoms with Crippen LogP contribution in [0.2, 0.25) is 5.02 Å². The molecular formula is C15H18ClN3O. The van der Waals surface area contributed by atoms with Crippen molar-refractivity contribution in [2.45, 2.75) is 26.3 Å². The number of hydrogen-bond acceptors (Lipinski definition) is 2. The molecule has 0 aliphatic rings. The van der Waals surface area contributed by atoms with E-state index in [9.17, 15) is 4.79 Å². The van der Waals surface area contributed by atoms with Gasteiger partial charge in [0.25, 0.3) is 5.91 Å². The van der Waals surface area contributed by atoms with E-state index in [0.29, 0.717) is 10.7 Å². The first-order valence-electron chi connectivity index (χ1n) is 6.60. The smallest absolute Gasteiger partial charge is 0.271 e. The van der Waals surface area contributed by atoms with Crippen LogP contribution in [0.1, 0.15) is 41.5 Å². The fourth-order valence-electron chi connectivity index (χ4n) is 2.06. The van der Waals surface area contributed by atoms with Crippen molar-refractivity contribution in [2.75, 3.05) is 0 Å². The molecule has 0 bridgehead atoms. The standard InChI is InChI=1S/C15H18ClN3O/c1-4-11-5-7-12(8-6-11)10(2)18-15(20)14-13(16)9-17-19(14)3/h5-10H,4H2,1-3H3,(H,18,20)/t10-/m1/s1. The van der Waals surface area contributed by atoms with Crippen LogP contribution in [0.4, 0.5) is 0 Å². The van der Waals surface area contributed by atoms with E-state index < -0.39 is 0 Å². The van der Waals surface area contributed by atoms with Gasteiger partial charge >= 0.3 is 0 Å². The summed E-state index contributed by atoms with van der Waals surface area (Å²) in [5.74, 6) is -0.220. The second-order valence-corrected chi connectivity index (χ2v) is 5.16. The van der Waals surface area contributed by atoms with E-state index >= 15 is 0 Å². The first-order valence-corrected chi connectivity index (χ1v) is 6.98. The van der Waals surface area contributed by atoms with Gasteiger partial charge in [0.15, 0.2) is 0 Å². The molecule has 5 heteroatoms. The van der Waals surface area contributed by atoms with Crippen molar-refractivity contribution in [3.63, 3.8) is 0 Å². The van der Waals surface area contributed by atoms with E-state index in [1.54, 1.807) is 7.05 Å². The molecule has 1 N–H and O–H groups in total. The maximum Gasteiger partial charge on any atom is 0.271 e. The minimum atomic E-state index is -0.220. The Balaban J connectivity index is 2.11. The Morgan fingerprint density at radius 3 is 2.55 bits per heavy atom. The number of rotatable bonds is 4. The third-order valence-electron chi connectivity index (χ3n) is 3.34. The molecule has 0 fully saturated rings. The minimum absolute atomic E-state index is 0.0839. The van der Waals surface area contributed by atoms with Crippen LogP contribution in [-0.2, 0) is 13.5 Å². The molecule has 20 heavy (non-hydrogen) atoms. The zero-order chi connectivity index (χ0) is 14.7. The molecule has 1 atom stereocenters. The fourth-order valence-corrected chi connectivity index (χ4v) is 2.31. The van der Waals surface area contributed by atoms with Gasteiger partial charge in [-0.1, -0.05) is 42.8 Å². The highest BCUT2D eigenvalue weighted by Crippen LogP contribution is 2.17. The first-order chi connectivity index (χ1) is 9.52. The molecular weight excluding hydrogens is 274 g/mol. The molecule has 2 rings (SSSR count). The second-order valence-electron chi connectivity index (χ2n) is 4.76. The molecule has 1 heterocycles. The van der Waals surface area contributed by atoms with Gasteiger partial charge in [-0.15, -0.1) is 0 Å². The lowest BCUT2D eigenvalue weighted by Crippen LogP contribution is -2.28. The van der Waals surface area contributed by atoms with Crippen molar-refractivity contribution in [1.82, 2.24) is 15.1 Å². The quantitative estimate of drug-likeness (QED) is 0.941. The lowest BCUT2D eigenvalue weighted by molar-refractivity contribution is 0.0930. The Labute approximate surface area is 123 Å². The Morgan fingerprint density at radius 1 is 1.40 bits per heavy atom. The summed E-state index contributed by atoms with van der Waals surface area (Å²) in [4.78, 5) is 12.2. The van der Waals surface area contributed by atoms with Crippen molar-refractivity contribution in [3.05, 3.63) is 52.3 Å². The third-order valence-corrected chi connectivity index (χ3v) is 3.62. The molecule has 0 saturated carbocycles. The van der Waals surface area contributed by atoms with Gasteiger partial charge in [-0.05, 0) is 24.5 Å². The number of benzene rings is 1. The highest BCUT2D eigenvalue weighted by atomic mass is 35.5. The number of nitrogens with one attached hydrogen (secondary N) is 1. The van der Waals surface area contributed by atoms with Gasteiger partial charge in [0.05, 0.1) is 17.3 Å². The highest BCUT2D eigenvalue weighted by molar-refractivity contribution is 6.33. The Kier molecular flexibility index (Phi) is 4.45. The summed E-state index contributed by atoms with van der Waals surface area (Å²) in [5.41, 5.74) is 2.72. The molecule has 0 unspecified atom stereocenters. The van der Waals surface area contributed by atoms with Crippen molar-refractivity contribution < 1.29 is 4.79 Å². The molecule has 0 radical (unpaired) electrons. The van der Waals surface area contributed by atoms with Crippen molar-refractivity contribution in [1.29, 1.82) is 0 Å². The normalized spacial score (nSPS) is 12.2. The van der Waals surface area contributed by atoms with Crippen molar-refractivity contribution in [2.24, 2.45) is 7.05 Å². The van der Waals surface area contributed by atoms with Gasteiger partial charge < -0.3 is 5.32 Å². The number of halogens is 1. The average Bonchev–Trinajstić information content (AvgIpc) is 2.78. The van der Waals surface area contributed by atoms with E-state index in [0.717, 1.165) is 12.0 Å². The van der Waals surface area contributed by atoms with Crippen LogP contribution in [0.25, 0.3) is 0 Å². The Morgan fingerprint density at radius 2 is 2.05 bits per heavy atom. The van der Waals surface area contributed by atoms with Crippen LogP contribution in [-0.4, -0.2) is 15.7 Å². The summed E-state index contributed by atoms with van der Waals surface area (Å²) >= 11 is 5.96. The van der Waals surface area contributed by atoms with Gasteiger partial charge in [0, 0.05) is 7.05 Å². The summed E-state index contributed by atoms with van der Waals surface area (Å²) in [5, 5.41) is 7.26. The molecule has 0 spiro atoms. The van der Waals surface area contributed by atoms with Gasteiger partial charge in [-0.2, -0.15) is 5.10 Å². The number of aryl methyl sites for hydroxylation is 2. The maximum absolute atomic E-state index is 12.2. The fraction of sp³-hybridized carbons (Fsp3) is 0.333. The summed E-state index contributed by atoms with van der Waals surface area (Å²) in [6.07, 6.45) is 2.48. The monoisotopic (exact) mass is 291 g/mol. The number of carbonyl (C=O) groups excluding carboxylic acids is 1. The Bertz CT molecular complexity index is 585. The number of carbonyl (C=O) groups is 1. The maximum atomic E-state index is 12.2. The minimum Gasteiger partial charge on any atom is -0.344 e. The van der Waals surface area contributed by atoms with E-state index in [-0.39, 0.29) is 11.9 Å². The lowest BCUT2D eigenvalue weighted by atomic mass is 10.0. The molecule has 1 aromatic heterocycles. The highest BCUT2D eigenvalue weighted by Gasteiger charge is 2.18. The van der Waals surface area contributed by atoms with Gasteiger partial charge in [-0.3, -0.25) is 9.48 Å². The predicted octanol–water partition coefficient (Wildman–Crippen LogP) is 3.13. The van der Waals surface area contributed by atoms with Crippen LogP contribution in [0, 0.1) is 0 Å². The predicted molar refractivity (Wildman–Crippen MR) is 79.9 cm³/mol. The van der Waals surface area contributed by atoms with Crippen molar-refractivity contribution in [3.8, 4) is 0 Å². The average molecular weight is 292 g/mol. The van der Waals surface area contributed by atoms with Gasteiger partial charge in [-0.25, -0.2) is 0 Å². The Hall–Kier alpha value is -1.81. The summed E-state index contributed by atoms with van der Waals surface area (Å²) in [7, 11) is 1.70. The number of aromatic nitrogens is 2. The molecule has 0 saturated heterocycles. The first kappa shape index (κ1) is 14.6. The lowest BCUT2D eigenvalue weighted by Gasteiger charge is -2.15. The second kappa shape index (κ2) is 6.09. The van der Waals surface area contributed by atoms with Crippen LogP contribution >= 0.6 is 11.6 Å². The zero-order valence-electron chi connectivity index (χ0n) is 11.9. The van der Waals surface area contributed by atoms with Crippen LogP contribution in [0.15, 0.2) is 30.5 Å². The number of hydrogen-bond donors (Lipinski definition) is 1. The van der Waals surface area contributed by atoms with Crippen molar-refractivity contribution >= 4 is 17.5 Å². The van der Waals surface area contributed by atoms with Crippen LogP contribution in [0.5, 0.6) is 0 Å². The number of nitrogens with zero attached hydrogens (tertiary/aromatic N) is 2. The molecule has 0 aliphatic heterocycles. The van der Waals surface area contributed by atoms with Crippen LogP contribution < -0.4 is 5.32 Å². The largest absolute Gasteiger partial charge is 0.344 e. The van der Waals surface area contributed by atoms with Gasteiger partial charge in [0.2, 0.25) is 0 Å². The van der Waals surface area contributed by atoms with E-state index in [1.807, 2.05) is 19.1 Å². The zero-order valence-corrected chi connectivity index (χ0v) is 12.6. The molecule has 4 nitrogen and oxygen atoms in total. The van der Waals surface area contributed by atoms with E-state index in [4.69, 9.17) is 11.6 Å².